The Balaban J connectivity index is 2.17. The van der Waals surface area contributed by atoms with Crippen molar-refractivity contribution in [3.05, 3.63) is 51.6 Å². The summed E-state index contributed by atoms with van der Waals surface area (Å²) >= 11 is 3.57. The number of aliphatic imine (C=N–C) groups is 1. The Hall–Kier alpha value is -1.88. The van der Waals surface area contributed by atoms with Crippen molar-refractivity contribution < 1.29 is 4.74 Å². The zero-order valence-electron chi connectivity index (χ0n) is 16.3. The maximum Gasteiger partial charge on any atom is 0.228 e. The molecule has 26 heavy (non-hydrogen) atoms. The average molecular weight is 418 g/mol. The van der Waals surface area contributed by atoms with Gasteiger partial charge in [-0.05, 0) is 60.3 Å². The maximum atomic E-state index is 6.13. The quantitative estimate of drug-likeness (QED) is 0.398. The van der Waals surface area contributed by atoms with Crippen molar-refractivity contribution in [3.8, 4) is 5.88 Å². The molecule has 0 radical (unpaired) electrons. The summed E-state index contributed by atoms with van der Waals surface area (Å²) < 4.78 is 6.94. The maximum absolute atomic E-state index is 6.13. The zero-order chi connectivity index (χ0) is 19.1. The van der Waals surface area contributed by atoms with Crippen LogP contribution in [0.25, 0.3) is 0 Å². The van der Waals surface area contributed by atoms with Crippen LogP contribution in [0.2, 0.25) is 0 Å². The van der Waals surface area contributed by atoms with Crippen molar-refractivity contribution in [2.24, 2.45) is 4.99 Å². The lowest BCUT2D eigenvalue weighted by atomic mass is 10.0. The van der Waals surface area contributed by atoms with Crippen molar-refractivity contribution in [2.75, 3.05) is 13.6 Å². The molecule has 0 aliphatic heterocycles. The smallest absolute Gasteiger partial charge is 0.228 e. The lowest BCUT2D eigenvalue weighted by Crippen LogP contribution is -2.14. The monoisotopic (exact) mass is 417 g/mol. The van der Waals surface area contributed by atoms with Crippen molar-refractivity contribution in [2.45, 2.75) is 46.6 Å². The molecule has 0 spiro atoms. The Bertz CT molecular complexity index is 761. The first-order valence-electron chi connectivity index (χ1n) is 9.11. The second-order valence-corrected chi connectivity index (χ2v) is 7.31. The normalized spacial score (nSPS) is 12.4. The number of aromatic nitrogens is 1. The number of benzene rings is 1. The van der Waals surface area contributed by atoms with Crippen molar-refractivity contribution in [3.63, 3.8) is 0 Å². The molecule has 0 aliphatic carbocycles. The predicted octanol–water partition coefficient (Wildman–Crippen LogP) is 5.86. The molecule has 0 saturated carbocycles. The number of rotatable bonds is 8. The molecule has 0 fully saturated rings. The summed E-state index contributed by atoms with van der Waals surface area (Å²) in [4.78, 5) is 11.1. The van der Waals surface area contributed by atoms with E-state index in [0.717, 1.165) is 40.8 Å². The Morgan fingerprint density at radius 1 is 1.31 bits per heavy atom. The number of pyridine rings is 1. The topological polar surface area (TPSA) is 37.7 Å². The van der Waals surface area contributed by atoms with Gasteiger partial charge in [-0.1, -0.05) is 37.6 Å². The minimum absolute atomic E-state index is 0.0735. The number of ether oxygens (including phenoxy) is 1. The molecule has 1 atom stereocenters. The van der Waals surface area contributed by atoms with E-state index in [9.17, 15) is 0 Å². The third-order valence-electron chi connectivity index (χ3n) is 4.25. The van der Waals surface area contributed by atoms with Gasteiger partial charge in [0.2, 0.25) is 5.88 Å². The second kappa shape index (κ2) is 9.72. The molecule has 2 aromatic rings. The first-order chi connectivity index (χ1) is 12.4. The summed E-state index contributed by atoms with van der Waals surface area (Å²) in [7, 11) is 1.99. The van der Waals surface area contributed by atoms with Gasteiger partial charge in [-0.15, -0.1) is 0 Å². The largest absolute Gasteiger partial charge is 0.469 e. The van der Waals surface area contributed by atoms with E-state index in [-0.39, 0.29) is 6.10 Å². The van der Waals surface area contributed by atoms with Crippen molar-refractivity contribution in [1.29, 1.82) is 0 Å². The molecule has 0 bridgehead atoms. The Labute approximate surface area is 165 Å². The van der Waals surface area contributed by atoms with Crippen LogP contribution in [-0.4, -0.2) is 29.8 Å². The van der Waals surface area contributed by atoms with Gasteiger partial charge in [-0.3, -0.25) is 0 Å². The van der Waals surface area contributed by atoms with Crippen LogP contribution >= 0.6 is 15.9 Å². The fourth-order valence-corrected chi connectivity index (χ4v) is 2.93. The van der Waals surface area contributed by atoms with Crippen LogP contribution in [0.1, 0.15) is 50.1 Å². The Morgan fingerprint density at radius 2 is 2.08 bits per heavy atom. The summed E-state index contributed by atoms with van der Waals surface area (Å²) in [5.41, 5.74) is 4.18. The van der Waals surface area contributed by atoms with Crippen molar-refractivity contribution in [1.82, 2.24) is 9.88 Å². The van der Waals surface area contributed by atoms with Gasteiger partial charge in [-0.25, -0.2) is 9.98 Å². The van der Waals surface area contributed by atoms with Gasteiger partial charge in [0.15, 0.2) is 0 Å². The molecule has 0 amide bonds. The minimum atomic E-state index is -0.0735. The molecule has 1 heterocycles. The van der Waals surface area contributed by atoms with Crippen LogP contribution in [-0.2, 0) is 6.42 Å². The van der Waals surface area contributed by atoms with E-state index in [1.165, 1.54) is 5.56 Å². The Morgan fingerprint density at radius 3 is 2.77 bits per heavy atom. The van der Waals surface area contributed by atoms with Gasteiger partial charge in [0.05, 0.1) is 22.2 Å². The van der Waals surface area contributed by atoms with Gasteiger partial charge in [0.25, 0.3) is 0 Å². The van der Waals surface area contributed by atoms with E-state index in [1.807, 2.05) is 31.3 Å². The van der Waals surface area contributed by atoms with Crippen LogP contribution in [0.15, 0.2) is 39.8 Å². The van der Waals surface area contributed by atoms with Crippen molar-refractivity contribution >= 4 is 28.0 Å². The zero-order valence-corrected chi connectivity index (χ0v) is 17.9. The predicted molar refractivity (Wildman–Crippen MR) is 113 cm³/mol. The second-order valence-electron chi connectivity index (χ2n) is 6.45. The third kappa shape index (κ3) is 5.56. The van der Waals surface area contributed by atoms with E-state index in [4.69, 9.17) is 4.74 Å². The van der Waals surface area contributed by atoms with Gasteiger partial charge >= 0.3 is 0 Å². The van der Waals surface area contributed by atoms with Gasteiger partial charge < -0.3 is 9.64 Å². The molecule has 1 unspecified atom stereocenters. The molecular formula is C21H28BrN3O. The molecule has 0 saturated heterocycles. The average Bonchev–Trinajstić information content (AvgIpc) is 2.63. The highest BCUT2D eigenvalue weighted by molar-refractivity contribution is 9.10. The number of hydrogen-bond acceptors (Lipinski definition) is 3. The fourth-order valence-electron chi connectivity index (χ4n) is 2.53. The first kappa shape index (κ1) is 20.4. The van der Waals surface area contributed by atoms with E-state index < -0.39 is 0 Å². The number of hydrogen-bond donors (Lipinski definition) is 0. The van der Waals surface area contributed by atoms with Gasteiger partial charge in [0, 0.05) is 13.6 Å². The molecular weight excluding hydrogens is 390 g/mol. The highest BCUT2D eigenvalue weighted by Crippen LogP contribution is 2.32. The third-order valence-corrected chi connectivity index (χ3v) is 4.82. The minimum Gasteiger partial charge on any atom is -0.469 e. The molecule has 2 rings (SSSR count). The summed E-state index contributed by atoms with van der Waals surface area (Å²) in [6.45, 7) is 9.19. The highest BCUT2D eigenvalue weighted by Gasteiger charge is 2.13. The summed E-state index contributed by atoms with van der Waals surface area (Å²) in [5, 5.41) is 0. The SMILES string of the molecule is CCCc1cccc(C(C)Oc2nc(C)c(/N=C/N(C)CC)cc2Br)c1. The van der Waals surface area contributed by atoms with Crippen LogP contribution in [0.4, 0.5) is 5.69 Å². The standard InChI is InChI=1S/C21H28BrN3O/c1-6-9-17-10-8-11-18(12-17)16(4)26-21-19(22)13-20(15(3)24-21)23-14-25(5)7-2/h8,10-14,16H,6-7,9H2,1-5H3/b23-14+. The summed E-state index contributed by atoms with van der Waals surface area (Å²) in [6, 6.07) is 10.5. The van der Waals surface area contributed by atoms with E-state index in [0.29, 0.717) is 5.88 Å². The number of nitrogens with zero attached hydrogens (tertiary/aromatic N) is 3. The molecule has 0 aliphatic rings. The summed E-state index contributed by atoms with van der Waals surface area (Å²) in [6.07, 6.45) is 3.97. The molecule has 140 valence electrons. The van der Waals surface area contributed by atoms with Crippen LogP contribution in [0, 0.1) is 6.92 Å². The number of halogens is 1. The van der Waals surface area contributed by atoms with Crippen LogP contribution < -0.4 is 4.74 Å². The van der Waals surface area contributed by atoms with Crippen LogP contribution in [0.3, 0.4) is 0 Å². The highest BCUT2D eigenvalue weighted by atomic mass is 79.9. The first-order valence-corrected chi connectivity index (χ1v) is 9.90. The van der Waals surface area contributed by atoms with Gasteiger partial charge in [-0.2, -0.15) is 0 Å². The van der Waals surface area contributed by atoms with Gasteiger partial charge in [0.1, 0.15) is 6.10 Å². The lowest BCUT2D eigenvalue weighted by Gasteiger charge is -2.17. The summed E-state index contributed by atoms with van der Waals surface area (Å²) in [5.74, 6) is 0.596. The molecule has 4 nitrogen and oxygen atoms in total. The van der Waals surface area contributed by atoms with Crippen LogP contribution in [0.5, 0.6) is 5.88 Å². The number of aryl methyl sites for hydroxylation is 2. The Kier molecular flexibility index (Phi) is 7.64. The molecule has 1 aromatic heterocycles. The molecule has 1 aromatic carbocycles. The van der Waals surface area contributed by atoms with E-state index in [2.05, 4.69) is 70.9 Å². The lowest BCUT2D eigenvalue weighted by molar-refractivity contribution is 0.215. The van der Waals surface area contributed by atoms with E-state index >= 15 is 0 Å². The fraction of sp³-hybridized carbons (Fsp3) is 0.429. The van der Waals surface area contributed by atoms with E-state index in [1.54, 1.807) is 0 Å². The molecule has 0 N–H and O–H groups in total. The molecule has 5 heteroatoms.